The fraction of sp³-hybridized carbons (Fsp3) is 0.333. The molecule has 7 rings (SSSR count). The van der Waals surface area contributed by atoms with Gasteiger partial charge in [0.05, 0.1) is 15.9 Å². The minimum absolute atomic E-state index is 0.0860. The number of hydrogen-bond acceptors (Lipinski definition) is 9. The number of rotatable bonds is 19. The third-order valence-corrected chi connectivity index (χ3v) is 18.6. The number of sulfonamides is 1. The summed E-state index contributed by atoms with van der Waals surface area (Å²) >= 11 is 0. The Morgan fingerprint density at radius 2 is 1.18 bits per heavy atom. The van der Waals surface area contributed by atoms with Gasteiger partial charge in [-0.25, -0.2) is 17.6 Å². The van der Waals surface area contributed by atoms with E-state index in [0.29, 0.717) is 23.0 Å². The normalized spacial score (nSPS) is 14.6. The summed E-state index contributed by atoms with van der Waals surface area (Å²) in [6, 6.07) is 30.9. The highest BCUT2D eigenvalue weighted by Crippen LogP contribution is 2.52. The van der Waals surface area contributed by atoms with E-state index in [1.807, 2.05) is 71.0 Å². The maximum absolute atomic E-state index is 16.0. The van der Waals surface area contributed by atoms with Crippen molar-refractivity contribution in [1.29, 1.82) is 0 Å². The van der Waals surface area contributed by atoms with Gasteiger partial charge in [0.15, 0.2) is 0 Å². The zero-order chi connectivity index (χ0) is 56.1. The fourth-order valence-corrected chi connectivity index (χ4v) is 13.3. The van der Waals surface area contributed by atoms with Crippen LogP contribution in [0.2, 0.25) is 0 Å². The molecule has 10 nitrogen and oxygen atoms in total. The van der Waals surface area contributed by atoms with Crippen molar-refractivity contribution in [2.75, 3.05) is 5.32 Å². The van der Waals surface area contributed by atoms with Crippen LogP contribution in [0.15, 0.2) is 136 Å². The SMILES string of the molecule is C=S(=O)(NS(=O)(=O)c1ccccc1-c1c2ccc(=Nc3c(C(C)C)cccc3C(C)C)cc-2oc2cc(Nc3c(C(C)C)cccc3C(C)C)ccc12)C(F)(F)C(F)(F)C(F)(F)S(=O)(=O)Oc1ccc(C(C)CC)cc1. The summed E-state index contributed by atoms with van der Waals surface area (Å²) in [6.07, 6.45) is 0.618. The molecule has 406 valence electrons. The number of fused-ring (bicyclic) bond motifs is 2. The predicted octanol–water partition coefficient (Wildman–Crippen LogP) is 15.3. The molecular formula is C57H61F6N3O7S3. The number of anilines is 2. The summed E-state index contributed by atoms with van der Waals surface area (Å²) < 4.78 is 175. The molecule has 1 heterocycles. The van der Waals surface area contributed by atoms with Crippen LogP contribution in [0.5, 0.6) is 5.75 Å². The topological polar surface area (TPSA) is 144 Å². The molecule has 0 bridgehead atoms. The summed E-state index contributed by atoms with van der Waals surface area (Å²) in [5, 5.41) is -9.23. The number of hydrogen-bond donors (Lipinski definition) is 2. The average Bonchev–Trinajstić information content (AvgIpc) is 3.34. The predicted molar refractivity (Wildman–Crippen MR) is 291 cm³/mol. The zero-order valence-corrected chi connectivity index (χ0v) is 46.1. The largest absolute Gasteiger partial charge is 0.456 e. The Hall–Kier alpha value is -6.15. The smallest absolute Gasteiger partial charge is 0.450 e. The quantitative estimate of drug-likeness (QED) is 0.0353. The molecule has 5 aromatic rings. The van der Waals surface area contributed by atoms with Crippen LogP contribution in [-0.4, -0.2) is 43.3 Å². The molecule has 1 aliphatic heterocycles. The van der Waals surface area contributed by atoms with Crippen molar-refractivity contribution in [1.82, 2.24) is 4.13 Å². The van der Waals surface area contributed by atoms with E-state index in [-0.39, 0.29) is 63.0 Å². The van der Waals surface area contributed by atoms with Crippen molar-refractivity contribution in [2.45, 2.75) is 127 Å². The first-order valence-electron chi connectivity index (χ1n) is 24.6. The lowest BCUT2D eigenvalue weighted by Crippen LogP contribution is -2.63. The number of benzene rings is 6. The Labute approximate surface area is 441 Å². The molecule has 1 aliphatic carbocycles. The van der Waals surface area contributed by atoms with E-state index in [2.05, 4.69) is 43.1 Å². The first-order valence-corrected chi connectivity index (χ1v) is 29.2. The highest BCUT2D eigenvalue weighted by atomic mass is 32.3. The molecule has 0 amide bonds. The summed E-state index contributed by atoms with van der Waals surface area (Å²) in [6.45, 7) is 20.1. The molecule has 2 N–H and O–H groups in total. The van der Waals surface area contributed by atoms with E-state index in [4.69, 9.17) is 9.41 Å². The molecule has 0 fully saturated rings. The van der Waals surface area contributed by atoms with Gasteiger partial charge in [-0.15, -0.1) is 4.13 Å². The van der Waals surface area contributed by atoms with E-state index >= 15 is 26.3 Å². The van der Waals surface area contributed by atoms with Gasteiger partial charge in [-0.05, 0) is 112 Å². The van der Waals surface area contributed by atoms with Crippen molar-refractivity contribution in [3.05, 3.63) is 155 Å². The van der Waals surface area contributed by atoms with Gasteiger partial charge in [0, 0.05) is 45.6 Å². The van der Waals surface area contributed by atoms with Crippen molar-refractivity contribution in [3.63, 3.8) is 0 Å². The van der Waals surface area contributed by atoms with E-state index in [0.717, 1.165) is 62.0 Å². The van der Waals surface area contributed by atoms with E-state index in [9.17, 15) is 21.0 Å². The number of alkyl halides is 6. The molecule has 76 heavy (non-hydrogen) atoms. The second kappa shape index (κ2) is 21.3. The van der Waals surface area contributed by atoms with Crippen LogP contribution in [0.1, 0.15) is 133 Å². The van der Waals surface area contributed by atoms with Gasteiger partial charge in [0.1, 0.15) is 26.8 Å². The van der Waals surface area contributed by atoms with Crippen molar-refractivity contribution in [2.24, 2.45) is 4.99 Å². The molecule has 19 heteroatoms. The van der Waals surface area contributed by atoms with E-state index < -0.39 is 56.9 Å². The third-order valence-electron chi connectivity index (χ3n) is 13.3. The van der Waals surface area contributed by atoms with Crippen molar-refractivity contribution >= 4 is 63.8 Å². The highest BCUT2D eigenvalue weighted by molar-refractivity contribution is 8.10. The zero-order valence-electron chi connectivity index (χ0n) is 43.6. The second-order valence-electron chi connectivity index (χ2n) is 20.1. The van der Waals surface area contributed by atoms with Gasteiger partial charge in [0.25, 0.3) is 10.0 Å². The third kappa shape index (κ3) is 10.8. The minimum Gasteiger partial charge on any atom is -0.456 e. The molecule has 0 aromatic heterocycles. The number of para-hydroxylation sites is 2. The summed E-state index contributed by atoms with van der Waals surface area (Å²) in [7, 11) is -19.3. The number of halogens is 6. The molecule has 0 spiro atoms. The Bertz CT molecular complexity index is 3640. The van der Waals surface area contributed by atoms with Crippen LogP contribution in [0.4, 0.5) is 43.4 Å². The van der Waals surface area contributed by atoms with Crippen LogP contribution < -0.4 is 19.0 Å². The van der Waals surface area contributed by atoms with Gasteiger partial charge in [-0.2, -0.15) is 34.8 Å². The van der Waals surface area contributed by atoms with Gasteiger partial charge < -0.3 is 13.9 Å². The molecule has 5 aromatic carbocycles. The molecule has 2 aliphatic rings. The van der Waals surface area contributed by atoms with Crippen molar-refractivity contribution < 1.29 is 56.0 Å². The van der Waals surface area contributed by atoms with Gasteiger partial charge in [-0.1, -0.05) is 136 Å². The van der Waals surface area contributed by atoms with Crippen LogP contribution in [0, 0.1) is 0 Å². The first kappa shape index (κ1) is 57.6. The Balaban J connectivity index is 1.37. The molecule has 2 atom stereocenters. The number of nitrogens with zero attached hydrogens (tertiary/aromatic N) is 1. The van der Waals surface area contributed by atoms with Crippen LogP contribution in [0.25, 0.3) is 33.4 Å². The van der Waals surface area contributed by atoms with E-state index in [1.165, 1.54) is 24.3 Å². The lowest BCUT2D eigenvalue weighted by Gasteiger charge is -2.33. The second-order valence-corrected chi connectivity index (χ2v) is 25.7. The van der Waals surface area contributed by atoms with E-state index in [1.54, 1.807) is 43.3 Å². The van der Waals surface area contributed by atoms with Gasteiger partial charge in [0.2, 0.25) is 0 Å². The van der Waals surface area contributed by atoms with Crippen LogP contribution in [0.3, 0.4) is 0 Å². The standard InChI is InChI=1S/C57H61F6N3O7S3/c1-12-37(10)38-23-27-41(28-24-38)73-76(70,71)57(62,63)55(58,59)56(60,61)74(11,67)66-75(68,69)51-22-14-13-17-48(51)52-46-29-25-39(64-53-42(33(2)3)18-15-19-43(53)34(4)5)31-49(46)72-50-32-40(26-30-47(50)52)65-54-44(35(6)7)20-16-21-45(54)36(8)9/h13-37,64H,11-12H2,1-10H3,(H,66,67). The molecule has 0 saturated heterocycles. The molecule has 0 saturated carbocycles. The summed E-state index contributed by atoms with van der Waals surface area (Å²) in [5.74, 6) is -5.02. The number of nitrogens with one attached hydrogen (secondary N) is 2. The maximum atomic E-state index is 16.0. The summed E-state index contributed by atoms with van der Waals surface area (Å²) in [5.41, 5.74) is 7.14. The fourth-order valence-electron chi connectivity index (χ4n) is 8.91. The summed E-state index contributed by atoms with van der Waals surface area (Å²) in [4.78, 5) is 4.18. The molecule has 2 unspecified atom stereocenters. The van der Waals surface area contributed by atoms with Gasteiger partial charge in [-0.3, -0.25) is 0 Å². The lowest BCUT2D eigenvalue weighted by atomic mass is 9.92. The Kier molecular flexibility index (Phi) is 16.2. The lowest BCUT2D eigenvalue weighted by molar-refractivity contribution is -0.244. The van der Waals surface area contributed by atoms with Gasteiger partial charge >= 0.3 is 26.5 Å². The first-order chi connectivity index (χ1) is 35.4. The Morgan fingerprint density at radius 1 is 0.632 bits per heavy atom. The Morgan fingerprint density at radius 3 is 1.74 bits per heavy atom. The monoisotopic (exact) mass is 1110 g/mol. The molecular weight excluding hydrogens is 1050 g/mol. The minimum atomic E-state index is -7.10. The van der Waals surface area contributed by atoms with Crippen LogP contribution in [-0.2, 0) is 29.8 Å². The maximum Gasteiger partial charge on any atom is 0.450 e. The highest BCUT2D eigenvalue weighted by Gasteiger charge is 2.81. The van der Waals surface area contributed by atoms with Crippen LogP contribution >= 0.6 is 0 Å². The average molecular weight is 1110 g/mol. The molecule has 0 radical (unpaired) electrons. The van der Waals surface area contributed by atoms with Crippen molar-refractivity contribution in [3.8, 4) is 28.2 Å².